The van der Waals surface area contributed by atoms with Crippen molar-refractivity contribution in [2.75, 3.05) is 39.5 Å². The first-order valence-corrected chi connectivity index (χ1v) is 11.9. The number of ether oxygens (including phenoxy) is 2. The summed E-state index contributed by atoms with van der Waals surface area (Å²) in [5.41, 5.74) is 5.02. The van der Waals surface area contributed by atoms with Crippen LogP contribution in [0, 0.1) is 5.92 Å². The van der Waals surface area contributed by atoms with Crippen LogP contribution in [0.3, 0.4) is 0 Å². The molecule has 1 heterocycles. The number of carbonyl (C=O) groups excluding carboxylic acids is 6. The van der Waals surface area contributed by atoms with Gasteiger partial charge in [-0.15, -0.1) is 0 Å². The highest BCUT2D eigenvalue weighted by molar-refractivity contribution is 6.12. The van der Waals surface area contributed by atoms with Crippen LogP contribution < -0.4 is 21.7 Å². The highest BCUT2D eigenvalue weighted by Crippen LogP contribution is 2.07. The van der Waals surface area contributed by atoms with Crippen LogP contribution in [0.2, 0.25) is 0 Å². The molecule has 0 radical (unpaired) electrons. The number of rotatable bonds is 18. The zero-order valence-electron chi connectivity index (χ0n) is 21.0. The summed E-state index contributed by atoms with van der Waals surface area (Å²) in [7, 11) is 0. The second kappa shape index (κ2) is 16.4. The maximum atomic E-state index is 12.8. The van der Waals surface area contributed by atoms with Crippen molar-refractivity contribution in [3.63, 3.8) is 0 Å². The van der Waals surface area contributed by atoms with E-state index in [4.69, 9.17) is 15.2 Å². The van der Waals surface area contributed by atoms with Gasteiger partial charge in [-0.25, -0.2) is 4.79 Å². The molecule has 0 aromatic rings. The fourth-order valence-corrected chi connectivity index (χ4v) is 3.28. The molecule has 13 heteroatoms. The average Bonchev–Trinajstić information content (AvgIpc) is 3.14. The minimum Gasteiger partial charge on any atom is -0.377 e. The van der Waals surface area contributed by atoms with Gasteiger partial charge in [-0.2, -0.15) is 0 Å². The fourth-order valence-electron chi connectivity index (χ4n) is 3.28. The van der Waals surface area contributed by atoms with E-state index < -0.39 is 29.9 Å². The van der Waals surface area contributed by atoms with Gasteiger partial charge in [0.1, 0.15) is 12.6 Å². The average molecular weight is 512 g/mol. The van der Waals surface area contributed by atoms with Crippen molar-refractivity contribution in [3.8, 4) is 0 Å². The maximum Gasteiger partial charge on any atom is 0.312 e. The first kappa shape index (κ1) is 30.7. The highest BCUT2D eigenvalue weighted by atomic mass is 16.5. The van der Waals surface area contributed by atoms with Gasteiger partial charge >= 0.3 is 6.03 Å². The SMILES string of the molecule is CCC(=O)[C@H](CCCNC(N)=O)NC(=O)[C@@H](NC(=O)COCCOCCN1C(=O)C=CC1=O)C(C)C. The standard InChI is InChI=1S/C23H37N5O8/c1-4-17(29)16(6-5-9-25-23(24)34)26-22(33)21(15(2)3)27-18(30)14-36-13-12-35-11-10-28-19(31)7-8-20(28)32/h7-8,15-16,21H,4-6,9-14H2,1-3H3,(H,26,33)(H,27,30)(H3,24,25,34)/t16-,21-/m0/s1. The Balaban J connectivity index is 2.38. The summed E-state index contributed by atoms with van der Waals surface area (Å²) < 4.78 is 10.6. The number of nitrogens with two attached hydrogens (primary N) is 1. The van der Waals surface area contributed by atoms with Crippen molar-refractivity contribution in [3.05, 3.63) is 12.2 Å². The first-order chi connectivity index (χ1) is 17.1. The Labute approximate surface area is 210 Å². The van der Waals surface area contributed by atoms with E-state index in [1.54, 1.807) is 20.8 Å². The molecule has 1 aliphatic rings. The molecule has 1 aliphatic heterocycles. The second-order valence-corrected chi connectivity index (χ2v) is 8.43. The van der Waals surface area contributed by atoms with E-state index >= 15 is 0 Å². The van der Waals surface area contributed by atoms with Gasteiger partial charge in [0.05, 0.1) is 32.4 Å². The minimum absolute atomic E-state index is 0.0958. The summed E-state index contributed by atoms with van der Waals surface area (Å²) in [6.07, 6.45) is 3.37. The number of Topliss-reactive ketones (excluding diaryl/α,β-unsaturated/α-hetero) is 1. The van der Waals surface area contributed by atoms with Crippen molar-refractivity contribution < 1.29 is 38.2 Å². The van der Waals surface area contributed by atoms with E-state index in [0.29, 0.717) is 12.8 Å². The van der Waals surface area contributed by atoms with Gasteiger partial charge in [-0.3, -0.25) is 28.9 Å². The Kier molecular flexibility index (Phi) is 14.0. The molecule has 0 aromatic carbocycles. The van der Waals surface area contributed by atoms with Crippen molar-refractivity contribution >= 4 is 35.4 Å². The predicted molar refractivity (Wildman–Crippen MR) is 128 cm³/mol. The monoisotopic (exact) mass is 511 g/mol. The number of imide groups is 1. The van der Waals surface area contributed by atoms with Gasteiger partial charge in [-0.1, -0.05) is 20.8 Å². The van der Waals surface area contributed by atoms with E-state index in [1.807, 2.05) is 0 Å². The summed E-state index contributed by atoms with van der Waals surface area (Å²) in [5, 5.41) is 7.75. The van der Waals surface area contributed by atoms with Gasteiger partial charge in [0, 0.05) is 25.1 Å². The van der Waals surface area contributed by atoms with Crippen LogP contribution in [0.15, 0.2) is 12.2 Å². The van der Waals surface area contributed by atoms with E-state index in [1.165, 1.54) is 12.2 Å². The third-order valence-corrected chi connectivity index (χ3v) is 5.25. The highest BCUT2D eigenvalue weighted by Gasteiger charge is 2.28. The molecule has 0 bridgehead atoms. The van der Waals surface area contributed by atoms with Gasteiger partial charge in [-0.05, 0) is 18.8 Å². The molecule has 36 heavy (non-hydrogen) atoms. The number of urea groups is 1. The maximum absolute atomic E-state index is 12.8. The molecule has 0 aromatic heterocycles. The molecule has 0 saturated heterocycles. The lowest BCUT2D eigenvalue weighted by molar-refractivity contribution is -0.138. The topological polar surface area (TPSA) is 186 Å². The third-order valence-electron chi connectivity index (χ3n) is 5.25. The number of nitrogens with zero attached hydrogens (tertiary/aromatic N) is 1. The van der Waals surface area contributed by atoms with Gasteiger partial charge in [0.15, 0.2) is 5.78 Å². The van der Waals surface area contributed by atoms with Crippen LogP contribution in [0.4, 0.5) is 4.79 Å². The summed E-state index contributed by atoms with van der Waals surface area (Å²) >= 11 is 0. The van der Waals surface area contributed by atoms with Gasteiger partial charge in [0.25, 0.3) is 11.8 Å². The van der Waals surface area contributed by atoms with E-state index in [9.17, 15) is 28.8 Å². The van der Waals surface area contributed by atoms with E-state index in [0.717, 1.165) is 4.90 Å². The molecule has 13 nitrogen and oxygen atoms in total. The molecule has 202 valence electrons. The molecule has 0 unspecified atom stereocenters. The largest absolute Gasteiger partial charge is 0.377 e. The zero-order valence-corrected chi connectivity index (χ0v) is 21.0. The second-order valence-electron chi connectivity index (χ2n) is 8.43. The molecular formula is C23H37N5O8. The smallest absolute Gasteiger partial charge is 0.312 e. The minimum atomic E-state index is -0.877. The summed E-state index contributed by atoms with van der Waals surface area (Å²) in [6, 6.07) is -2.29. The van der Waals surface area contributed by atoms with Gasteiger partial charge in [0.2, 0.25) is 11.8 Å². The number of carbonyl (C=O) groups is 6. The number of ketones is 1. The van der Waals surface area contributed by atoms with Crippen LogP contribution in [0.5, 0.6) is 0 Å². The van der Waals surface area contributed by atoms with Gasteiger partial charge < -0.3 is 31.2 Å². The lowest BCUT2D eigenvalue weighted by atomic mass is 10.0. The van der Waals surface area contributed by atoms with Crippen molar-refractivity contribution in [1.29, 1.82) is 0 Å². The fraction of sp³-hybridized carbons (Fsp3) is 0.652. The van der Waals surface area contributed by atoms with Crippen LogP contribution in [0.1, 0.15) is 40.0 Å². The van der Waals surface area contributed by atoms with Crippen molar-refractivity contribution in [2.24, 2.45) is 11.7 Å². The Morgan fingerprint density at radius 2 is 1.64 bits per heavy atom. The molecule has 5 N–H and O–H groups in total. The Morgan fingerprint density at radius 3 is 2.22 bits per heavy atom. The van der Waals surface area contributed by atoms with E-state index in [2.05, 4.69) is 16.0 Å². The summed E-state index contributed by atoms with van der Waals surface area (Å²) in [4.78, 5) is 72.1. The first-order valence-electron chi connectivity index (χ1n) is 11.9. The number of nitrogens with one attached hydrogen (secondary N) is 3. The van der Waals surface area contributed by atoms with Crippen LogP contribution >= 0.6 is 0 Å². The molecule has 0 spiro atoms. The Morgan fingerprint density at radius 1 is 1.00 bits per heavy atom. The summed E-state index contributed by atoms with van der Waals surface area (Å²) in [5.74, 6) is -2.17. The number of primary amides is 1. The molecule has 6 amide bonds. The lowest BCUT2D eigenvalue weighted by Gasteiger charge is -2.25. The number of hydrogen-bond donors (Lipinski definition) is 4. The summed E-state index contributed by atoms with van der Waals surface area (Å²) in [6.45, 7) is 5.69. The quantitative estimate of drug-likeness (QED) is 0.133. The molecule has 0 aliphatic carbocycles. The van der Waals surface area contributed by atoms with Crippen LogP contribution in [0.25, 0.3) is 0 Å². The molecule has 0 fully saturated rings. The number of hydrogen-bond acceptors (Lipinski definition) is 8. The zero-order chi connectivity index (χ0) is 27.1. The Bertz CT molecular complexity index is 811. The predicted octanol–water partition coefficient (Wildman–Crippen LogP) is -1.00. The molecular weight excluding hydrogens is 474 g/mol. The normalized spacial score (nSPS) is 14.6. The van der Waals surface area contributed by atoms with E-state index in [-0.39, 0.29) is 69.5 Å². The van der Waals surface area contributed by atoms with Crippen LogP contribution in [-0.2, 0) is 33.4 Å². The lowest BCUT2D eigenvalue weighted by Crippen LogP contribution is -2.54. The van der Waals surface area contributed by atoms with Crippen LogP contribution in [-0.4, -0.2) is 91.9 Å². The number of amides is 6. The third kappa shape index (κ3) is 11.4. The van der Waals surface area contributed by atoms with Crippen molar-refractivity contribution in [2.45, 2.75) is 52.1 Å². The molecule has 1 rings (SSSR count). The Hall–Kier alpha value is -3.32. The van der Waals surface area contributed by atoms with Crippen molar-refractivity contribution in [1.82, 2.24) is 20.9 Å². The molecule has 2 atom stereocenters. The molecule has 0 saturated carbocycles.